The molecule has 2 aromatic carbocycles. The number of aromatic amines is 1. The Balaban J connectivity index is 1.38. The molecular formula is C25H23N5O2S. The smallest absolute Gasteiger partial charge is 0.267 e. The standard InChI is InChI=1S/C25H23N5O2S/c26-24(31)22-13-21(29-30(22)16-7-2-1-3-8-16)25(32)28-15-19(23-11-6-12-33-23)18-14-27-20-10-5-4-9-17(18)20/h1-12,14,19,22,27H,13,15H2,(H2,26,31)(H,28,32)/t19-,22-/m1/s1. The zero-order chi connectivity index (χ0) is 22.8. The summed E-state index contributed by atoms with van der Waals surface area (Å²) in [5, 5.41) is 12.2. The average molecular weight is 458 g/mol. The maximum absolute atomic E-state index is 13.1. The fraction of sp³-hybridized carbons (Fsp3) is 0.160. The van der Waals surface area contributed by atoms with Gasteiger partial charge in [-0.25, -0.2) is 0 Å². The van der Waals surface area contributed by atoms with Crippen molar-refractivity contribution in [2.24, 2.45) is 10.8 Å². The highest BCUT2D eigenvalue weighted by Gasteiger charge is 2.35. The maximum Gasteiger partial charge on any atom is 0.267 e. The Morgan fingerprint density at radius 1 is 1.12 bits per heavy atom. The van der Waals surface area contributed by atoms with Gasteiger partial charge < -0.3 is 16.0 Å². The highest BCUT2D eigenvalue weighted by molar-refractivity contribution is 7.10. The number of nitrogens with zero attached hydrogens (tertiary/aromatic N) is 2. The quantitative estimate of drug-likeness (QED) is 0.395. The molecule has 5 rings (SSSR count). The molecule has 4 aromatic rings. The molecule has 166 valence electrons. The van der Waals surface area contributed by atoms with Gasteiger partial charge in [-0.1, -0.05) is 42.5 Å². The summed E-state index contributed by atoms with van der Waals surface area (Å²) >= 11 is 1.66. The number of hydrazone groups is 1. The van der Waals surface area contributed by atoms with Crippen molar-refractivity contribution < 1.29 is 9.59 Å². The molecule has 1 aliphatic rings. The van der Waals surface area contributed by atoms with Gasteiger partial charge in [-0.2, -0.15) is 5.10 Å². The Morgan fingerprint density at radius 2 is 1.91 bits per heavy atom. The first kappa shape index (κ1) is 21.0. The molecule has 7 nitrogen and oxygen atoms in total. The molecule has 4 N–H and O–H groups in total. The van der Waals surface area contributed by atoms with Crippen molar-refractivity contribution in [3.05, 3.63) is 88.7 Å². The van der Waals surface area contributed by atoms with Crippen LogP contribution in [0.5, 0.6) is 0 Å². The number of rotatable bonds is 7. The van der Waals surface area contributed by atoms with Crippen LogP contribution in [0, 0.1) is 0 Å². The molecule has 0 saturated carbocycles. The zero-order valence-corrected chi connectivity index (χ0v) is 18.6. The minimum atomic E-state index is -0.685. The summed E-state index contributed by atoms with van der Waals surface area (Å²) in [5.41, 5.74) is 8.81. The maximum atomic E-state index is 13.1. The number of hydrogen-bond donors (Lipinski definition) is 3. The van der Waals surface area contributed by atoms with E-state index in [4.69, 9.17) is 5.73 Å². The van der Waals surface area contributed by atoms with Gasteiger partial charge in [0, 0.05) is 40.9 Å². The van der Waals surface area contributed by atoms with E-state index in [0.29, 0.717) is 12.3 Å². The SMILES string of the molecule is NC(=O)[C@H]1CC(C(=O)NC[C@@H](c2cccs2)c2c[nH]c3ccccc23)=NN1c1ccccc1. The molecule has 2 atom stereocenters. The molecule has 0 fully saturated rings. The number of carbonyl (C=O) groups is 2. The number of aromatic nitrogens is 1. The van der Waals surface area contributed by atoms with E-state index in [9.17, 15) is 9.59 Å². The van der Waals surface area contributed by atoms with Gasteiger partial charge in [-0.05, 0) is 35.2 Å². The number of H-pyrrole nitrogens is 1. The van der Waals surface area contributed by atoms with Crippen LogP contribution in [0.1, 0.15) is 22.8 Å². The minimum absolute atomic E-state index is 0.00994. The summed E-state index contributed by atoms with van der Waals surface area (Å²) in [6, 6.07) is 20.8. The number of benzene rings is 2. The first-order valence-corrected chi connectivity index (χ1v) is 11.6. The second kappa shape index (κ2) is 8.91. The number of primary amides is 1. The predicted molar refractivity (Wildman–Crippen MR) is 131 cm³/mol. The molecule has 2 amide bonds. The van der Waals surface area contributed by atoms with Crippen molar-refractivity contribution in [1.29, 1.82) is 0 Å². The number of para-hydroxylation sites is 2. The molecule has 3 heterocycles. The van der Waals surface area contributed by atoms with Crippen molar-refractivity contribution in [2.75, 3.05) is 11.6 Å². The number of hydrogen-bond acceptors (Lipinski definition) is 5. The number of amides is 2. The molecule has 0 aliphatic carbocycles. The van der Waals surface area contributed by atoms with Crippen LogP contribution in [0.15, 0.2) is 83.4 Å². The minimum Gasteiger partial charge on any atom is -0.368 e. The Bertz CT molecular complexity index is 1310. The summed E-state index contributed by atoms with van der Waals surface area (Å²) < 4.78 is 0. The highest BCUT2D eigenvalue weighted by atomic mass is 32.1. The molecule has 2 aromatic heterocycles. The Morgan fingerprint density at radius 3 is 2.67 bits per heavy atom. The van der Waals surface area contributed by atoms with Gasteiger partial charge in [0.05, 0.1) is 5.69 Å². The van der Waals surface area contributed by atoms with Gasteiger partial charge in [0.15, 0.2) is 0 Å². The molecule has 0 saturated heterocycles. The van der Waals surface area contributed by atoms with E-state index >= 15 is 0 Å². The summed E-state index contributed by atoms with van der Waals surface area (Å²) in [6.07, 6.45) is 2.18. The van der Waals surface area contributed by atoms with Crippen LogP contribution in [-0.4, -0.2) is 35.1 Å². The normalized spacial score (nSPS) is 16.5. The number of anilines is 1. The monoisotopic (exact) mass is 457 g/mol. The van der Waals surface area contributed by atoms with Crippen molar-refractivity contribution >= 4 is 45.5 Å². The lowest BCUT2D eigenvalue weighted by Crippen LogP contribution is -2.40. The summed E-state index contributed by atoms with van der Waals surface area (Å²) in [6.45, 7) is 0.410. The lowest BCUT2D eigenvalue weighted by molar-refractivity contribution is -0.119. The van der Waals surface area contributed by atoms with Crippen LogP contribution >= 0.6 is 11.3 Å². The number of thiophene rings is 1. The van der Waals surface area contributed by atoms with Crippen LogP contribution in [0.2, 0.25) is 0 Å². The predicted octanol–water partition coefficient (Wildman–Crippen LogP) is 3.60. The van der Waals surface area contributed by atoms with Crippen LogP contribution in [0.4, 0.5) is 5.69 Å². The van der Waals surface area contributed by atoms with Crippen LogP contribution in [0.3, 0.4) is 0 Å². The topological polar surface area (TPSA) is 104 Å². The highest BCUT2D eigenvalue weighted by Crippen LogP contribution is 2.33. The van der Waals surface area contributed by atoms with Gasteiger partial charge in [0.1, 0.15) is 11.8 Å². The van der Waals surface area contributed by atoms with E-state index in [2.05, 4.69) is 27.5 Å². The fourth-order valence-electron chi connectivity index (χ4n) is 4.22. The van der Waals surface area contributed by atoms with Gasteiger partial charge in [0.2, 0.25) is 5.91 Å². The molecule has 0 bridgehead atoms. The fourth-order valence-corrected chi connectivity index (χ4v) is 5.07. The molecule has 1 aliphatic heterocycles. The second-order valence-electron chi connectivity index (χ2n) is 7.92. The van der Waals surface area contributed by atoms with Crippen molar-refractivity contribution in [2.45, 2.75) is 18.4 Å². The van der Waals surface area contributed by atoms with E-state index in [1.54, 1.807) is 11.3 Å². The molecule has 0 unspecified atom stereocenters. The van der Waals surface area contributed by atoms with E-state index in [-0.39, 0.29) is 18.2 Å². The Hall–Kier alpha value is -3.91. The van der Waals surface area contributed by atoms with E-state index in [1.807, 2.05) is 66.2 Å². The first-order valence-electron chi connectivity index (χ1n) is 10.7. The molecule has 33 heavy (non-hydrogen) atoms. The van der Waals surface area contributed by atoms with Gasteiger partial charge in [-0.15, -0.1) is 11.3 Å². The van der Waals surface area contributed by atoms with Crippen LogP contribution in [0.25, 0.3) is 10.9 Å². The number of fused-ring (bicyclic) bond motifs is 1. The van der Waals surface area contributed by atoms with Crippen LogP contribution in [-0.2, 0) is 9.59 Å². The summed E-state index contributed by atoms with van der Waals surface area (Å²) in [5.74, 6) is -0.814. The van der Waals surface area contributed by atoms with Gasteiger partial charge in [-0.3, -0.25) is 14.6 Å². The van der Waals surface area contributed by atoms with Crippen molar-refractivity contribution in [1.82, 2.24) is 10.3 Å². The summed E-state index contributed by atoms with van der Waals surface area (Å²) in [7, 11) is 0. The Labute approximate surface area is 194 Å². The van der Waals surface area contributed by atoms with E-state index in [0.717, 1.165) is 27.0 Å². The molecule has 0 spiro atoms. The van der Waals surface area contributed by atoms with Crippen molar-refractivity contribution in [3.63, 3.8) is 0 Å². The van der Waals surface area contributed by atoms with Gasteiger partial charge >= 0.3 is 0 Å². The van der Waals surface area contributed by atoms with Crippen LogP contribution < -0.4 is 16.1 Å². The third kappa shape index (κ3) is 4.12. The summed E-state index contributed by atoms with van der Waals surface area (Å²) in [4.78, 5) is 29.6. The Kier molecular flexibility index (Phi) is 5.66. The van der Waals surface area contributed by atoms with Gasteiger partial charge in [0.25, 0.3) is 5.91 Å². The number of nitrogens with one attached hydrogen (secondary N) is 2. The molecule has 0 radical (unpaired) electrons. The number of nitrogens with two attached hydrogens (primary N) is 1. The molecule has 8 heteroatoms. The van der Waals surface area contributed by atoms with Crippen molar-refractivity contribution in [3.8, 4) is 0 Å². The van der Waals surface area contributed by atoms with E-state index in [1.165, 1.54) is 5.01 Å². The second-order valence-corrected chi connectivity index (χ2v) is 8.90. The third-order valence-corrected chi connectivity index (χ3v) is 6.86. The largest absolute Gasteiger partial charge is 0.368 e. The third-order valence-electron chi connectivity index (χ3n) is 5.87. The zero-order valence-electron chi connectivity index (χ0n) is 17.8. The molecular weight excluding hydrogens is 434 g/mol. The average Bonchev–Trinajstić information content (AvgIpc) is 3.60. The number of carbonyl (C=O) groups excluding carboxylic acids is 2. The van der Waals surface area contributed by atoms with E-state index < -0.39 is 11.9 Å². The lowest BCUT2D eigenvalue weighted by atomic mass is 9.96. The first-order chi connectivity index (χ1) is 16.1. The lowest BCUT2D eigenvalue weighted by Gasteiger charge is -2.20.